The minimum atomic E-state index is -0.824. The largest absolute Gasteiger partial charge is 0.465 e. The Morgan fingerprint density at radius 2 is 1.61 bits per heavy atom. The minimum Gasteiger partial charge on any atom is -0.465 e. The van der Waals surface area contributed by atoms with Crippen molar-refractivity contribution in [2.45, 2.75) is 78.3 Å². The molecule has 0 bridgehead atoms. The number of rotatable bonds is 5. The number of Topliss-reactive ketones (excluding diaryl/α,β-unsaturated/α-hetero) is 1. The molecule has 1 heterocycles. The highest BCUT2D eigenvalue weighted by Crippen LogP contribution is 2.28. The van der Waals surface area contributed by atoms with Gasteiger partial charge < -0.3 is 15.3 Å². The third kappa shape index (κ3) is 6.33. The van der Waals surface area contributed by atoms with Crippen molar-refractivity contribution in [3.05, 3.63) is 35.4 Å². The zero-order chi connectivity index (χ0) is 21.1. The summed E-state index contributed by atoms with van der Waals surface area (Å²) in [5.41, 5.74) is 1.88. The summed E-state index contributed by atoms with van der Waals surface area (Å²) < 4.78 is 0. The molecule has 1 unspecified atom stereocenters. The lowest BCUT2D eigenvalue weighted by Crippen LogP contribution is -2.51. The summed E-state index contributed by atoms with van der Waals surface area (Å²) in [5, 5.41) is 12.6. The predicted molar refractivity (Wildman–Crippen MR) is 113 cm³/mol. The Labute approximate surface area is 169 Å². The SMILES string of the molecule is CC(C)(C)NC(Cc1ccc(C2CCN(C(=O)O)CC2)cc1)C(=O)C(C)(C)C. The number of carboxylic acid groups (broad SMARTS) is 1. The van der Waals surface area contributed by atoms with E-state index >= 15 is 0 Å². The van der Waals surface area contributed by atoms with Gasteiger partial charge in [-0.2, -0.15) is 0 Å². The first-order valence-corrected chi connectivity index (χ1v) is 10.3. The Morgan fingerprint density at radius 3 is 2.04 bits per heavy atom. The zero-order valence-electron chi connectivity index (χ0n) is 18.2. The molecule has 2 N–H and O–H groups in total. The summed E-state index contributed by atoms with van der Waals surface area (Å²) in [6.45, 7) is 13.4. The van der Waals surface area contributed by atoms with Crippen LogP contribution in [0.4, 0.5) is 4.79 Å². The molecule has 1 fully saturated rings. The van der Waals surface area contributed by atoms with E-state index in [0.29, 0.717) is 25.4 Å². The topological polar surface area (TPSA) is 69.6 Å². The fourth-order valence-corrected chi connectivity index (χ4v) is 3.82. The number of nitrogens with zero attached hydrogens (tertiary/aromatic N) is 1. The second-order valence-electron chi connectivity index (χ2n) is 10.1. The second kappa shape index (κ2) is 8.64. The molecule has 1 aromatic rings. The number of carbonyl (C=O) groups is 2. The van der Waals surface area contributed by atoms with Crippen LogP contribution in [0.2, 0.25) is 0 Å². The molecule has 0 aliphatic carbocycles. The molecular weight excluding hydrogens is 352 g/mol. The maximum absolute atomic E-state index is 12.9. The van der Waals surface area contributed by atoms with E-state index in [2.05, 4.69) is 50.4 Å². The minimum absolute atomic E-state index is 0.135. The van der Waals surface area contributed by atoms with Gasteiger partial charge in [0.1, 0.15) is 0 Å². The van der Waals surface area contributed by atoms with Gasteiger partial charge in [0.15, 0.2) is 5.78 Å². The molecule has 1 aromatic carbocycles. The monoisotopic (exact) mass is 388 g/mol. The molecule has 5 heteroatoms. The molecule has 156 valence electrons. The Balaban J connectivity index is 2.06. The van der Waals surface area contributed by atoms with E-state index in [-0.39, 0.29) is 22.8 Å². The van der Waals surface area contributed by atoms with Crippen LogP contribution in [0.15, 0.2) is 24.3 Å². The first kappa shape index (κ1) is 22.4. The Bertz CT molecular complexity index is 675. The summed E-state index contributed by atoms with van der Waals surface area (Å²) >= 11 is 0. The third-order valence-electron chi connectivity index (χ3n) is 5.32. The van der Waals surface area contributed by atoms with Crippen LogP contribution in [-0.2, 0) is 11.2 Å². The number of benzene rings is 1. The standard InChI is InChI=1S/C23H36N2O3/c1-22(2,3)20(26)19(24-23(4,5)6)15-16-7-9-17(10-8-16)18-11-13-25(14-12-18)21(27)28/h7-10,18-19,24H,11-15H2,1-6H3,(H,27,28). The summed E-state index contributed by atoms with van der Waals surface area (Å²) in [6.07, 6.45) is 1.57. The van der Waals surface area contributed by atoms with E-state index in [1.165, 1.54) is 10.5 Å². The Kier molecular flexibility index (Phi) is 6.92. The molecule has 0 radical (unpaired) electrons. The molecule has 5 nitrogen and oxygen atoms in total. The van der Waals surface area contributed by atoms with Gasteiger partial charge in [-0.15, -0.1) is 0 Å². The van der Waals surface area contributed by atoms with Gasteiger partial charge >= 0.3 is 6.09 Å². The summed E-state index contributed by atoms with van der Waals surface area (Å²) in [7, 11) is 0. The van der Waals surface area contributed by atoms with Crippen molar-refractivity contribution in [3.63, 3.8) is 0 Å². The van der Waals surface area contributed by atoms with Crippen molar-refractivity contribution in [2.24, 2.45) is 5.41 Å². The van der Waals surface area contributed by atoms with Gasteiger partial charge in [0.25, 0.3) is 0 Å². The number of carbonyl (C=O) groups excluding carboxylic acids is 1. The maximum Gasteiger partial charge on any atom is 0.407 e. The number of hydrogen-bond acceptors (Lipinski definition) is 3. The van der Waals surface area contributed by atoms with E-state index in [1.54, 1.807) is 0 Å². The summed E-state index contributed by atoms with van der Waals surface area (Å²) in [6, 6.07) is 8.31. The molecule has 2 rings (SSSR count). The molecule has 1 aliphatic heterocycles. The van der Waals surface area contributed by atoms with Crippen molar-refractivity contribution >= 4 is 11.9 Å². The van der Waals surface area contributed by atoms with Crippen molar-refractivity contribution < 1.29 is 14.7 Å². The lowest BCUT2D eigenvalue weighted by molar-refractivity contribution is -0.128. The highest BCUT2D eigenvalue weighted by Gasteiger charge is 2.32. The lowest BCUT2D eigenvalue weighted by Gasteiger charge is -2.32. The van der Waals surface area contributed by atoms with Gasteiger partial charge in [0.05, 0.1) is 6.04 Å². The van der Waals surface area contributed by atoms with E-state index in [4.69, 9.17) is 5.11 Å². The van der Waals surface area contributed by atoms with Gasteiger partial charge in [0, 0.05) is 24.0 Å². The molecule has 0 saturated carbocycles. The van der Waals surface area contributed by atoms with Gasteiger partial charge in [0.2, 0.25) is 0 Å². The molecule has 28 heavy (non-hydrogen) atoms. The predicted octanol–water partition coefficient (Wildman–Crippen LogP) is 4.46. The van der Waals surface area contributed by atoms with Crippen molar-refractivity contribution in [1.29, 1.82) is 0 Å². The van der Waals surface area contributed by atoms with Crippen LogP contribution in [-0.4, -0.2) is 46.6 Å². The van der Waals surface area contributed by atoms with E-state index in [0.717, 1.165) is 18.4 Å². The van der Waals surface area contributed by atoms with Crippen molar-refractivity contribution in [1.82, 2.24) is 10.2 Å². The number of piperidine rings is 1. The maximum atomic E-state index is 12.9. The van der Waals surface area contributed by atoms with Gasteiger partial charge in [-0.25, -0.2) is 4.79 Å². The number of ketones is 1. The summed E-state index contributed by atoms with van der Waals surface area (Å²) in [5.74, 6) is 0.636. The van der Waals surface area contributed by atoms with Crippen LogP contribution in [0.1, 0.15) is 71.4 Å². The van der Waals surface area contributed by atoms with E-state index in [1.807, 2.05) is 20.8 Å². The molecular formula is C23H36N2O3. The smallest absolute Gasteiger partial charge is 0.407 e. The number of hydrogen-bond donors (Lipinski definition) is 2. The number of likely N-dealkylation sites (tertiary alicyclic amines) is 1. The summed E-state index contributed by atoms with van der Waals surface area (Å²) in [4.78, 5) is 25.5. The molecule has 0 spiro atoms. The number of nitrogens with one attached hydrogen (secondary N) is 1. The lowest BCUT2D eigenvalue weighted by atomic mass is 9.83. The van der Waals surface area contributed by atoms with Crippen LogP contribution >= 0.6 is 0 Å². The van der Waals surface area contributed by atoms with Crippen LogP contribution < -0.4 is 5.32 Å². The highest BCUT2D eigenvalue weighted by molar-refractivity contribution is 5.89. The average molecular weight is 389 g/mol. The van der Waals surface area contributed by atoms with Gasteiger partial charge in [-0.05, 0) is 57.1 Å². The Morgan fingerprint density at radius 1 is 1.07 bits per heavy atom. The molecule has 0 aromatic heterocycles. The third-order valence-corrected chi connectivity index (χ3v) is 5.32. The quantitative estimate of drug-likeness (QED) is 0.781. The fourth-order valence-electron chi connectivity index (χ4n) is 3.82. The fraction of sp³-hybridized carbons (Fsp3) is 0.652. The molecule has 1 saturated heterocycles. The van der Waals surface area contributed by atoms with Crippen LogP contribution in [0, 0.1) is 5.41 Å². The Hall–Kier alpha value is -1.88. The second-order valence-corrected chi connectivity index (χ2v) is 10.1. The van der Waals surface area contributed by atoms with Crippen LogP contribution in [0.25, 0.3) is 0 Å². The van der Waals surface area contributed by atoms with Gasteiger partial charge in [-0.3, -0.25) is 4.79 Å². The first-order valence-electron chi connectivity index (χ1n) is 10.3. The normalized spacial score (nSPS) is 17.4. The van der Waals surface area contributed by atoms with Crippen LogP contribution in [0.5, 0.6) is 0 Å². The highest BCUT2D eigenvalue weighted by atomic mass is 16.4. The van der Waals surface area contributed by atoms with E-state index < -0.39 is 6.09 Å². The number of amides is 1. The molecule has 1 amide bonds. The van der Waals surface area contributed by atoms with Crippen LogP contribution in [0.3, 0.4) is 0 Å². The van der Waals surface area contributed by atoms with Gasteiger partial charge in [-0.1, -0.05) is 45.0 Å². The van der Waals surface area contributed by atoms with Crippen molar-refractivity contribution in [2.75, 3.05) is 13.1 Å². The average Bonchev–Trinajstić information content (AvgIpc) is 2.59. The molecule has 1 aliphatic rings. The first-order chi connectivity index (χ1) is 12.9. The van der Waals surface area contributed by atoms with Crippen molar-refractivity contribution in [3.8, 4) is 0 Å². The van der Waals surface area contributed by atoms with E-state index in [9.17, 15) is 9.59 Å². The molecule has 1 atom stereocenters. The zero-order valence-corrected chi connectivity index (χ0v) is 18.2.